The molecule has 1 fully saturated rings. The molecular weight excluding hydrogens is 402 g/mol. The van der Waals surface area contributed by atoms with Gasteiger partial charge in [-0.3, -0.25) is 4.98 Å². The van der Waals surface area contributed by atoms with E-state index in [0.717, 1.165) is 27.8 Å². The standard InChI is InChI=1S/C22H24ClN5O2/c1-22(2,3)30-21(29)28-10-8-27(9-11-28)20-17-14-24-6-4-15(17)12-18(26-20)16-5-7-25-19(23)13-16/h4-7,12-14H,8-11H2,1-3H3. The lowest BCUT2D eigenvalue weighted by Crippen LogP contribution is -2.50. The summed E-state index contributed by atoms with van der Waals surface area (Å²) in [6.45, 7) is 8.10. The van der Waals surface area contributed by atoms with Crippen LogP contribution in [-0.4, -0.2) is 57.7 Å². The number of hydrogen-bond donors (Lipinski definition) is 0. The van der Waals surface area contributed by atoms with E-state index in [-0.39, 0.29) is 6.09 Å². The van der Waals surface area contributed by atoms with Crippen molar-refractivity contribution in [3.63, 3.8) is 0 Å². The van der Waals surface area contributed by atoms with E-state index in [2.05, 4.69) is 14.9 Å². The molecule has 0 unspecified atom stereocenters. The number of anilines is 1. The summed E-state index contributed by atoms with van der Waals surface area (Å²) in [5.74, 6) is 0.854. The van der Waals surface area contributed by atoms with E-state index in [1.165, 1.54) is 0 Å². The van der Waals surface area contributed by atoms with Gasteiger partial charge < -0.3 is 14.5 Å². The maximum absolute atomic E-state index is 12.4. The summed E-state index contributed by atoms with van der Waals surface area (Å²) < 4.78 is 5.50. The smallest absolute Gasteiger partial charge is 0.410 e. The molecule has 7 nitrogen and oxygen atoms in total. The van der Waals surface area contributed by atoms with E-state index in [1.54, 1.807) is 23.4 Å². The Hall–Kier alpha value is -2.93. The van der Waals surface area contributed by atoms with E-state index < -0.39 is 5.60 Å². The van der Waals surface area contributed by atoms with Crippen LogP contribution in [0.4, 0.5) is 10.6 Å². The van der Waals surface area contributed by atoms with Crippen molar-refractivity contribution in [1.82, 2.24) is 19.9 Å². The minimum Gasteiger partial charge on any atom is -0.444 e. The SMILES string of the molecule is CC(C)(C)OC(=O)N1CCN(c2nc(-c3ccnc(Cl)c3)cc3ccncc23)CC1. The van der Waals surface area contributed by atoms with Crippen LogP contribution in [0.25, 0.3) is 22.0 Å². The molecule has 4 heterocycles. The number of hydrogen-bond acceptors (Lipinski definition) is 6. The summed E-state index contributed by atoms with van der Waals surface area (Å²) in [6.07, 6.45) is 5.01. The second-order valence-electron chi connectivity index (χ2n) is 8.25. The Labute approximate surface area is 180 Å². The van der Waals surface area contributed by atoms with Crippen molar-refractivity contribution >= 4 is 34.3 Å². The van der Waals surface area contributed by atoms with Crippen LogP contribution in [0.2, 0.25) is 5.15 Å². The molecule has 3 aromatic rings. The number of amides is 1. The molecule has 1 saturated heterocycles. The summed E-state index contributed by atoms with van der Waals surface area (Å²) in [6, 6.07) is 7.71. The van der Waals surface area contributed by atoms with Crippen molar-refractivity contribution in [1.29, 1.82) is 0 Å². The summed E-state index contributed by atoms with van der Waals surface area (Å²) >= 11 is 6.08. The lowest BCUT2D eigenvalue weighted by Gasteiger charge is -2.36. The van der Waals surface area contributed by atoms with Gasteiger partial charge in [0.2, 0.25) is 0 Å². The first kappa shape index (κ1) is 20.3. The predicted octanol–water partition coefficient (Wildman–Crippen LogP) is 4.40. The maximum Gasteiger partial charge on any atom is 0.410 e. The van der Waals surface area contributed by atoms with Gasteiger partial charge in [0, 0.05) is 55.7 Å². The number of carbonyl (C=O) groups excluding carboxylic acids is 1. The van der Waals surface area contributed by atoms with Gasteiger partial charge in [-0.15, -0.1) is 0 Å². The van der Waals surface area contributed by atoms with Crippen LogP contribution in [0.15, 0.2) is 42.9 Å². The molecular formula is C22H24ClN5O2. The Bertz CT molecular complexity index is 1070. The van der Waals surface area contributed by atoms with Gasteiger partial charge in [-0.2, -0.15) is 0 Å². The molecule has 1 aliphatic heterocycles. The third kappa shape index (κ3) is 4.46. The molecule has 30 heavy (non-hydrogen) atoms. The van der Waals surface area contributed by atoms with Crippen LogP contribution in [0.1, 0.15) is 20.8 Å². The third-order valence-corrected chi connectivity index (χ3v) is 5.07. The fourth-order valence-corrected chi connectivity index (χ4v) is 3.62. The van der Waals surface area contributed by atoms with Crippen molar-refractivity contribution in [3.05, 3.63) is 48.0 Å². The Morgan fingerprint density at radius 3 is 2.57 bits per heavy atom. The lowest BCUT2D eigenvalue weighted by molar-refractivity contribution is 0.0240. The van der Waals surface area contributed by atoms with Crippen molar-refractivity contribution < 1.29 is 9.53 Å². The molecule has 0 bridgehead atoms. The van der Waals surface area contributed by atoms with Crippen molar-refractivity contribution in [2.24, 2.45) is 0 Å². The van der Waals surface area contributed by atoms with Crippen LogP contribution >= 0.6 is 11.6 Å². The molecule has 0 saturated carbocycles. The molecule has 1 aliphatic rings. The maximum atomic E-state index is 12.4. The van der Waals surface area contributed by atoms with Crippen LogP contribution in [0, 0.1) is 0 Å². The average Bonchev–Trinajstić information content (AvgIpc) is 2.72. The highest BCUT2D eigenvalue weighted by Crippen LogP contribution is 2.30. The van der Waals surface area contributed by atoms with Crippen LogP contribution < -0.4 is 4.90 Å². The van der Waals surface area contributed by atoms with Gasteiger partial charge in [0.05, 0.1) is 5.69 Å². The van der Waals surface area contributed by atoms with Gasteiger partial charge in [-0.05, 0) is 50.4 Å². The van der Waals surface area contributed by atoms with Gasteiger partial charge in [0.1, 0.15) is 16.6 Å². The molecule has 0 radical (unpaired) electrons. The fraction of sp³-hybridized carbons (Fsp3) is 0.364. The molecule has 8 heteroatoms. The highest BCUT2D eigenvalue weighted by molar-refractivity contribution is 6.29. The van der Waals surface area contributed by atoms with Gasteiger partial charge in [0.15, 0.2) is 0 Å². The zero-order valence-electron chi connectivity index (χ0n) is 17.3. The minimum absolute atomic E-state index is 0.276. The number of pyridine rings is 3. The van der Waals surface area contributed by atoms with Gasteiger partial charge in [-0.25, -0.2) is 14.8 Å². The third-order valence-electron chi connectivity index (χ3n) is 4.87. The van der Waals surface area contributed by atoms with E-state index >= 15 is 0 Å². The topological polar surface area (TPSA) is 71.5 Å². The first-order chi connectivity index (χ1) is 14.3. The second-order valence-corrected chi connectivity index (χ2v) is 8.64. The number of fused-ring (bicyclic) bond motifs is 1. The normalized spacial score (nSPS) is 14.8. The van der Waals surface area contributed by atoms with Crippen molar-refractivity contribution in [2.45, 2.75) is 26.4 Å². The van der Waals surface area contributed by atoms with E-state index in [4.69, 9.17) is 21.3 Å². The minimum atomic E-state index is -0.502. The van der Waals surface area contributed by atoms with Crippen LogP contribution in [0.3, 0.4) is 0 Å². The van der Waals surface area contributed by atoms with Gasteiger partial charge in [0.25, 0.3) is 0 Å². The summed E-state index contributed by atoms with van der Waals surface area (Å²) in [5, 5.41) is 2.45. The number of nitrogens with zero attached hydrogens (tertiary/aromatic N) is 5. The molecule has 3 aromatic heterocycles. The Balaban J connectivity index is 1.62. The van der Waals surface area contributed by atoms with E-state index in [0.29, 0.717) is 31.3 Å². The lowest BCUT2D eigenvalue weighted by atomic mass is 10.1. The van der Waals surface area contributed by atoms with Gasteiger partial charge >= 0.3 is 6.09 Å². The number of halogens is 1. The molecule has 4 rings (SSSR count). The molecule has 0 aromatic carbocycles. The molecule has 0 atom stereocenters. The average molecular weight is 426 g/mol. The van der Waals surface area contributed by atoms with Crippen LogP contribution in [-0.2, 0) is 4.74 Å². The molecule has 0 aliphatic carbocycles. The number of carbonyl (C=O) groups is 1. The second kappa shape index (κ2) is 8.07. The molecule has 0 spiro atoms. The van der Waals surface area contributed by atoms with Gasteiger partial charge in [-0.1, -0.05) is 11.6 Å². The number of rotatable bonds is 2. The van der Waals surface area contributed by atoms with Crippen molar-refractivity contribution in [2.75, 3.05) is 31.1 Å². The zero-order valence-corrected chi connectivity index (χ0v) is 18.1. The summed E-state index contributed by atoms with van der Waals surface area (Å²) in [5.41, 5.74) is 1.22. The fourth-order valence-electron chi connectivity index (χ4n) is 3.45. The number of piperazine rings is 1. The van der Waals surface area contributed by atoms with E-state index in [1.807, 2.05) is 45.2 Å². The Morgan fingerprint density at radius 2 is 1.87 bits per heavy atom. The predicted molar refractivity (Wildman–Crippen MR) is 118 cm³/mol. The summed E-state index contributed by atoms with van der Waals surface area (Å²) in [4.78, 5) is 29.6. The van der Waals surface area contributed by atoms with E-state index in [9.17, 15) is 4.79 Å². The number of ether oxygens (including phenoxy) is 1. The molecule has 1 amide bonds. The first-order valence-corrected chi connectivity index (χ1v) is 10.3. The number of aromatic nitrogens is 3. The highest BCUT2D eigenvalue weighted by Gasteiger charge is 2.27. The monoisotopic (exact) mass is 425 g/mol. The highest BCUT2D eigenvalue weighted by atomic mass is 35.5. The van der Waals surface area contributed by atoms with Crippen LogP contribution in [0.5, 0.6) is 0 Å². The quantitative estimate of drug-likeness (QED) is 0.566. The zero-order chi connectivity index (χ0) is 21.3. The Morgan fingerprint density at radius 1 is 1.10 bits per heavy atom. The Kier molecular flexibility index (Phi) is 5.47. The molecule has 156 valence electrons. The first-order valence-electron chi connectivity index (χ1n) is 9.90. The van der Waals surface area contributed by atoms with Crippen molar-refractivity contribution in [3.8, 4) is 11.3 Å². The summed E-state index contributed by atoms with van der Waals surface area (Å²) in [7, 11) is 0. The largest absolute Gasteiger partial charge is 0.444 e. The molecule has 0 N–H and O–H groups in total.